The van der Waals surface area contributed by atoms with E-state index in [0.717, 1.165) is 11.3 Å². The van der Waals surface area contributed by atoms with Gasteiger partial charge in [0, 0.05) is 23.5 Å². The molecule has 0 spiro atoms. The highest BCUT2D eigenvalue weighted by Crippen LogP contribution is 2.31. The number of nitrogens with one attached hydrogen (secondary N) is 1. The van der Waals surface area contributed by atoms with Crippen LogP contribution in [0, 0.1) is 5.92 Å². The average Bonchev–Trinajstić information content (AvgIpc) is 2.54. The monoisotopic (exact) mass is 314 g/mol. The molecular weight excluding hydrogens is 292 g/mol. The summed E-state index contributed by atoms with van der Waals surface area (Å²) in [7, 11) is 1.58. The molecule has 1 aromatic carbocycles. The van der Waals surface area contributed by atoms with Crippen molar-refractivity contribution in [3.63, 3.8) is 0 Å². The average molecular weight is 314 g/mol. The molecule has 1 atom stereocenters. The lowest BCUT2D eigenvalue weighted by Gasteiger charge is -2.15. The van der Waals surface area contributed by atoms with Crippen LogP contribution in [-0.2, 0) is 4.79 Å². The molecule has 6 nitrogen and oxygen atoms in total. The summed E-state index contributed by atoms with van der Waals surface area (Å²) in [6.07, 6.45) is 3.79. The van der Waals surface area contributed by atoms with Crippen molar-refractivity contribution in [2.24, 2.45) is 11.7 Å². The van der Waals surface area contributed by atoms with E-state index in [4.69, 9.17) is 10.5 Å². The lowest BCUT2D eigenvalue weighted by atomic mass is 10.0. The fraction of sp³-hybridized carbons (Fsp3) is 0.353. The second kappa shape index (κ2) is 7.69. The lowest BCUT2D eigenvalue weighted by molar-refractivity contribution is -0.117. The van der Waals surface area contributed by atoms with Crippen molar-refractivity contribution in [1.82, 2.24) is 9.97 Å². The van der Waals surface area contributed by atoms with E-state index in [0.29, 0.717) is 23.8 Å². The zero-order chi connectivity index (χ0) is 16.8. The van der Waals surface area contributed by atoms with Crippen molar-refractivity contribution in [2.45, 2.75) is 26.3 Å². The van der Waals surface area contributed by atoms with Crippen molar-refractivity contribution < 1.29 is 9.53 Å². The van der Waals surface area contributed by atoms with E-state index < -0.39 is 6.04 Å². The molecule has 0 radical (unpaired) electrons. The molecule has 0 saturated heterocycles. The predicted molar refractivity (Wildman–Crippen MR) is 90.1 cm³/mol. The van der Waals surface area contributed by atoms with Gasteiger partial charge in [-0.3, -0.25) is 4.79 Å². The highest BCUT2D eigenvalue weighted by Gasteiger charge is 2.16. The van der Waals surface area contributed by atoms with Crippen LogP contribution >= 0.6 is 0 Å². The normalized spacial score (nSPS) is 12.0. The van der Waals surface area contributed by atoms with Crippen molar-refractivity contribution in [1.29, 1.82) is 0 Å². The fourth-order valence-electron chi connectivity index (χ4n) is 2.28. The van der Waals surface area contributed by atoms with Crippen LogP contribution in [0.15, 0.2) is 36.8 Å². The maximum atomic E-state index is 12.1. The van der Waals surface area contributed by atoms with Gasteiger partial charge in [0.25, 0.3) is 0 Å². The van der Waals surface area contributed by atoms with Gasteiger partial charge in [0.1, 0.15) is 12.1 Å². The fourth-order valence-corrected chi connectivity index (χ4v) is 2.28. The standard InChI is InChI=1S/C17H22N4O2/c1-11(2)8-14(18)17(22)21-12-4-5-13(16(9-12)23-3)15-6-7-19-10-20-15/h4-7,9-11,14H,8,18H2,1-3H3,(H,21,22)/t14-/m1/s1. The summed E-state index contributed by atoms with van der Waals surface area (Å²) in [6, 6.07) is 6.69. The van der Waals surface area contributed by atoms with Gasteiger partial charge in [-0.2, -0.15) is 0 Å². The molecule has 122 valence electrons. The van der Waals surface area contributed by atoms with Crippen LogP contribution < -0.4 is 15.8 Å². The van der Waals surface area contributed by atoms with Gasteiger partial charge in [-0.05, 0) is 30.5 Å². The number of methoxy groups -OCH3 is 1. The van der Waals surface area contributed by atoms with Gasteiger partial charge in [-0.25, -0.2) is 9.97 Å². The van der Waals surface area contributed by atoms with E-state index >= 15 is 0 Å². The van der Waals surface area contributed by atoms with Gasteiger partial charge in [0.15, 0.2) is 0 Å². The summed E-state index contributed by atoms with van der Waals surface area (Å²) in [5, 5.41) is 2.82. The maximum absolute atomic E-state index is 12.1. The summed E-state index contributed by atoms with van der Waals surface area (Å²) in [4.78, 5) is 20.2. The topological polar surface area (TPSA) is 90.1 Å². The van der Waals surface area contributed by atoms with Gasteiger partial charge in [-0.1, -0.05) is 13.8 Å². The second-order valence-corrected chi connectivity index (χ2v) is 5.73. The van der Waals surface area contributed by atoms with Crippen molar-refractivity contribution in [3.05, 3.63) is 36.8 Å². The Morgan fingerprint density at radius 1 is 1.35 bits per heavy atom. The number of carbonyl (C=O) groups is 1. The smallest absolute Gasteiger partial charge is 0.241 e. The Morgan fingerprint density at radius 3 is 2.74 bits per heavy atom. The summed E-state index contributed by atoms with van der Waals surface area (Å²) in [5.74, 6) is 0.792. The Morgan fingerprint density at radius 2 is 2.13 bits per heavy atom. The maximum Gasteiger partial charge on any atom is 0.241 e. The molecule has 0 aliphatic carbocycles. The summed E-state index contributed by atoms with van der Waals surface area (Å²) in [6.45, 7) is 4.07. The lowest BCUT2D eigenvalue weighted by Crippen LogP contribution is -2.36. The van der Waals surface area contributed by atoms with Crippen LogP contribution in [0.5, 0.6) is 5.75 Å². The van der Waals surface area contributed by atoms with E-state index in [1.165, 1.54) is 6.33 Å². The number of anilines is 1. The molecule has 0 unspecified atom stereocenters. The van der Waals surface area contributed by atoms with Crippen molar-refractivity contribution in [3.8, 4) is 17.0 Å². The van der Waals surface area contributed by atoms with E-state index in [1.54, 1.807) is 31.5 Å². The molecule has 0 aliphatic rings. The molecule has 0 bridgehead atoms. The van der Waals surface area contributed by atoms with Gasteiger partial charge in [0.2, 0.25) is 5.91 Å². The minimum atomic E-state index is -0.525. The van der Waals surface area contributed by atoms with Gasteiger partial charge in [0.05, 0.1) is 18.8 Å². The molecule has 23 heavy (non-hydrogen) atoms. The molecular formula is C17H22N4O2. The van der Waals surface area contributed by atoms with Gasteiger partial charge >= 0.3 is 0 Å². The summed E-state index contributed by atoms with van der Waals surface area (Å²) < 4.78 is 5.40. The van der Waals surface area contributed by atoms with Gasteiger partial charge in [-0.15, -0.1) is 0 Å². The number of benzene rings is 1. The first-order valence-corrected chi connectivity index (χ1v) is 7.52. The molecule has 1 aromatic heterocycles. The number of carbonyl (C=O) groups excluding carboxylic acids is 1. The number of nitrogens with two attached hydrogens (primary N) is 1. The third kappa shape index (κ3) is 4.50. The molecule has 0 fully saturated rings. The molecule has 6 heteroatoms. The van der Waals surface area contributed by atoms with Crippen LogP contribution in [0.4, 0.5) is 5.69 Å². The predicted octanol–water partition coefficient (Wildman–Crippen LogP) is 2.46. The quantitative estimate of drug-likeness (QED) is 0.855. The van der Waals surface area contributed by atoms with Crippen molar-refractivity contribution in [2.75, 3.05) is 12.4 Å². The number of hydrogen-bond acceptors (Lipinski definition) is 5. The summed E-state index contributed by atoms with van der Waals surface area (Å²) in [5.41, 5.74) is 8.13. The van der Waals surface area contributed by atoms with E-state index in [1.807, 2.05) is 19.9 Å². The highest BCUT2D eigenvalue weighted by molar-refractivity contribution is 5.95. The molecule has 2 aromatic rings. The van der Waals surface area contributed by atoms with Gasteiger partial charge < -0.3 is 15.8 Å². The Balaban J connectivity index is 2.18. The van der Waals surface area contributed by atoms with E-state index in [-0.39, 0.29) is 5.91 Å². The van der Waals surface area contributed by atoms with Crippen LogP contribution in [-0.4, -0.2) is 29.0 Å². The summed E-state index contributed by atoms with van der Waals surface area (Å²) >= 11 is 0. The number of hydrogen-bond donors (Lipinski definition) is 2. The minimum absolute atomic E-state index is 0.199. The zero-order valence-electron chi connectivity index (χ0n) is 13.6. The molecule has 2 rings (SSSR count). The Labute approximate surface area is 136 Å². The van der Waals surface area contributed by atoms with E-state index in [9.17, 15) is 4.79 Å². The van der Waals surface area contributed by atoms with Crippen LogP contribution in [0.2, 0.25) is 0 Å². The largest absolute Gasteiger partial charge is 0.496 e. The third-order valence-electron chi connectivity index (χ3n) is 3.39. The number of nitrogens with zero attached hydrogens (tertiary/aromatic N) is 2. The van der Waals surface area contributed by atoms with Crippen LogP contribution in [0.1, 0.15) is 20.3 Å². The molecule has 1 amide bonds. The Hall–Kier alpha value is -2.47. The number of rotatable bonds is 6. The first-order valence-electron chi connectivity index (χ1n) is 7.52. The first kappa shape index (κ1) is 16.9. The van der Waals surface area contributed by atoms with Crippen LogP contribution in [0.3, 0.4) is 0 Å². The third-order valence-corrected chi connectivity index (χ3v) is 3.39. The molecule has 0 aliphatic heterocycles. The van der Waals surface area contributed by atoms with Crippen molar-refractivity contribution >= 4 is 11.6 Å². The number of aromatic nitrogens is 2. The molecule has 3 N–H and O–H groups in total. The number of ether oxygens (including phenoxy) is 1. The molecule has 1 heterocycles. The van der Waals surface area contributed by atoms with Crippen LogP contribution in [0.25, 0.3) is 11.3 Å². The minimum Gasteiger partial charge on any atom is -0.496 e. The molecule has 0 saturated carbocycles. The first-order chi connectivity index (χ1) is 11.0. The zero-order valence-corrected chi connectivity index (χ0v) is 13.6. The Kier molecular flexibility index (Phi) is 5.65. The highest BCUT2D eigenvalue weighted by atomic mass is 16.5. The SMILES string of the molecule is COc1cc(NC(=O)[C@H](N)CC(C)C)ccc1-c1ccncn1. The number of amides is 1. The Bertz CT molecular complexity index is 659. The second-order valence-electron chi connectivity index (χ2n) is 5.73. The van der Waals surface area contributed by atoms with E-state index in [2.05, 4.69) is 15.3 Å².